The van der Waals surface area contributed by atoms with E-state index in [1.807, 2.05) is 0 Å². The van der Waals surface area contributed by atoms with E-state index in [9.17, 15) is 0 Å². The van der Waals surface area contributed by atoms with Gasteiger partial charge in [0.05, 0.1) is 0 Å². The molecule has 0 aromatic heterocycles. The fourth-order valence-corrected chi connectivity index (χ4v) is 3.18. The van der Waals surface area contributed by atoms with Crippen molar-refractivity contribution in [3.63, 3.8) is 0 Å². The lowest BCUT2D eigenvalue weighted by Gasteiger charge is -2.36. The molecule has 1 aromatic rings. The number of hydrogen-bond acceptors (Lipinski definition) is 2. The van der Waals surface area contributed by atoms with Gasteiger partial charge in [-0.2, -0.15) is 0 Å². The number of halogens is 1. The number of nitrogens with two attached hydrogens (primary N) is 1. The molecule has 1 fully saturated rings. The molecular weight excluding hydrogens is 288 g/mol. The lowest BCUT2D eigenvalue weighted by atomic mass is 9.89. The average molecular weight is 311 g/mol. The predicted octanol–water partition coefficient (Wildman–Crippen LogP) is 3.37. The molecule has 1 aromatic carbocycles. The number of hydrogen-bond donors (Lipinski definition) is 1. The molecule has 0 spiro atoms. The van der Waals surface area contributed by atoms with Gasteiger partial charge in [0.25, 0.3) is 0 Å². The molecule has 2 N–H and O–H groups in total. The Morgan fingerprint density at radius 1 is 1.33 bits per heavy atom. The molecule has 0 bridgehead atoms. The average Bonchev–Trinajstić information content (AvgIpc) is 2.28. The van der Waals surface area contributed by atoms with Gasteiger partial charge in [-0.3, -0.25) is 0 Å². The summed E-state index contributed by atoms with van der Waals surface area (Å²) in [6.07, 6.45) is 2.49. The van der Waals surface area contributed by atoms with Crippen molar-refractivity contribution in [1.29, 1.82) is 0 Å². The third-order valence-corrected chi connectivity index (χ3v) is 4.03. The first-order valence-corrected chi connectivity index (χ1v) is 7.50. The fraction of sp³-hybridized carbons (Fsp3) is 0.600. The molecule has 2 rings (SSSR count). The van der Waals surface area contributed by atoms with Crippen LogP contribution in [-0.2, 0) is 0 Å². The summed E-state index contributed by atoms with van der Waals surface area (Å²) >= 11 is 3.55. The van der Waals surface area contributed by atoms with Crippen LogP contribution in [0.5, 0.6) is 0 Å². The maximum atomic E-state index is 6.08. The Bertz CT molecular complexity index is 390. The topological polar surface area (TPSA) is 29.3 Å². The zero-order valence-corrected chi connectivity index (χ0v) is 12.9. The quantitative estimate of drug-likeness (QED) is 0.927. The van der Waals surface area contributed by atoms with E-state index < -0.39 is 0 Å². The molecule has 100 valence electrons. The first-order chi connectivity index (χ1) is 8.44. The Balaban J connectivity index is 1.91. The van der Waals surface area contributed by atoms with Crippen LogP contribution in [0.25, 0.3) is 0 Å². The van der Waals surface area contributed by atoms with Crippen molar-refractivity contribution in [3.05, 3.63) is 34.3 Å². The van der Waals surface area contributed by atoms with Gasteiger partial charge in [0.1, 0.15) is 0 Å². The van der Waals surface area contributed by atoms with Crippen molar-refractivity contribution in [2.75, 3.05) is 19.6 Å². The first-order valence-electron chi connectivity index (χ1n) is 6.71. The molecule has 0 radical (unpaired) electrons. The smallest absolute Gasteiger partial charge is 0.0226 e. The largest absolute Gasteiger partial charge is 0.324 e. The molecule has 0 atom stereocenters. The Morgan fingerprint density at radius 2 is 2.00 bits per heavy atom. The summed E-state index contributed by atoms with van der Waals surface area (Å²) in [6.45, 7) is 7.54. The first kappa shape index (κ1) is 14.0. The maximum absolute atomic E-state index is 6.08. The van der Waals surface area contributed by atoms with Gasteiger partial charge in [-0.1, -0.05) is 28.1 Å². The van der Waals surface area contributed by atoms with Crippen LogP contribution < -0.4 is 5.73 Å². The lowest BCUT2D eigenvalue weighted by Crippen LogP contribution is -2.47. The van der Waals surface area contributed by atoms with Crippen LogP contribution in [0.15, 0.2) is 28.7 Å². The molecule has 0 unspecified atom stereocenters. The minimum Gasteiger partial charge on any atom is -0.324 e. The number of likely N-dealkylation sites (tertiary alicyclic amines) is 1. The van der Waals surface area contributed by atoms with Gasteiger partial charge in [-0.15, -0.1) is 0 Å². The molecule has 3 heteroatoms. The standard InChI is InChI=1S/C15H23BrN2/c1-15(2,17)11-18-8-6-12(7-9-18)13-4-3-5-14(16)10-13/h3-5,10,12H,6-9,11,17H2,1-2H3. The minimum absolute atomic E-state index is 0.0807. The summed E-state index contributed by atoms with van der Waals surface area (Å²) in [5, 5.41) is 0. The van der Waals surface area contributed by atoms with Gasteiger partial charge < -0.3 is 10.6 Å². The zero-order valence-electron chi connectivity index (χ0n) is 11.3. The summed E-state index contributed by atoms with van der Waals surface area (Å²) in [4.78, 5) is 2.49. The van der Waals surface area contributed by atoms with Crippen LogP contribution in [0.3, 0.4) is 0 Å². The molecule has 0 saturated carbocycles. The van der Waals surface area contributed by atoms with E-state index in [0.717, 1.165) is 19.6 Å². The Kier molecular flexibility index (Phi) is 4.46. The monoisotopic (exact) mass is 310 g/mol. The molecular formula is C15H23BrN2. The molecule has 1 heterocycles. The van der Waals surface area contributed by atoms with E-state index in [-0.39, 0.29) is 5.54 Å². The normalized spacial score (nSPS) is 19.1. The third kappa shape index (κ3) is 4.08. The zero-order chi connectivity index (χ0) is 13.2. The van der Waals surface area contributed by atoms with Crippen LogP contribution in [0, 0.1) is 0 Å². The van der Waals surface area contributed by atoms with E-state index in [0.29, 0.717) is 5.92 Å². The van der Waals surface area contributed by atoms with Gasteiger partial charge in [0, 0.05) is 16.6 Å². The van der Waals surface area contributed by atoms with E-state index >= 15 is 0 Å². The van der Waals surface area contributed by atoms with E-state index in [1.165, 1.54) is 22.9 Å². The van der Waals surface area contributed by atoms with Crippen molar-refractivity contribution >= 4 is 15.9 Å². The Labute approximate surface area is 119 Å². The Hall–Kier alpha value is -0.380. The number of piperidine rings is 1. The van der Waals surface area contributed by atoms with Crippen molar-refractivity contribution in [3.8, 4) is 0 Å². The lowest BCUT2D eigenvalue weighted by molar-refractivity contribution is 0.179. The van der Waals surface area contributed by atoms with Gasteiger partial charge in [-0.25, -0.2) is 0 Å². The second-order valence-electron chi connectivity index (χ2n) is 6.09. The van der Waals surface area contributed by atoms with Gasteiger partial charge in [0.15, 0.2) is 0 Å². The highest BCUT2D eigenvalue weighted by Gasteiger charge is 2.23. The summed E-state index contributed by atoms with van der Waals surface area (Å²) in [5.74, 6) is 0.708. The van der Waals surface area contributed by atoms with Crippen LogP contribution in [0.4, 0.5) is 0 Å². The van der Waals surface area contributed by atoms with Crippen LogP contribution >= 0.6 is 15.9 Å². The predicted molar refractivity (Wildman–Crippen MR) is 80.8 cm³/mol. The van der Waals surface area contributed by atoms with Crippen LogP contribution in [0.2, 0.25) is 0 Å². The highest BCUT2D eigenvalue weighted by molar-refractivity contribution is 9.10. The molecule has 1 saturated heterocycles. The summed E-state index contributed by atoms with van der Waals surface area (Å²) in [6, 6.07) is 8.73. The van der Waals surface area contributed by atoms with Crippen molar-refractivity contribution in [2.24, 2.45) is 5.73 Å². The SMILES string of the molecule is CC(C)(N)CN1CCC(c2cccc(Br)c2)CC1. The van der Waals surface area contributed by atoms with Gasteiger partial charge >= 0.3 is 0 Å². The molecule has 2 nitrogen and oxygen atoms in total. The van der Waals surface area contributed by atoms with Crippen LogP contribution in [0.1, 0.15) is 38.2 Å². The molecule has 18 heavy (non-hydrogen) atoms. The second-order valence-corrected chi connectivity index (χ2v) is 7.01. The summed E-state index contributed by atoms with van der Waals surface area (Å²) in [7, 11) is 0. The minimum atomic E-state index is -0.0807. The highest BCUT2D eigenvalue weighted by atomic mass is 79.9. The number of benzene rings is 1. The molecule has 0 aliphatic carbocycles. The summed E-state index contributed by atoms with van der Waals surface area (Å²) in [5.41, 5.74) is 7.47. The summed E-state index contributed by atoms with van der Waals surface area (Å²) < 4.78 is 1.19. The fourth-order valence-electron chi connectivity index (χ4n) is 2.76. The van der Waals surface area contributed by atoms with E-state index in [4.69, 9.17) is 5.73 Å². The molecule has 1 aliphatic heterocycles. The van der Waals surface area contributed by atoms with Crippen LogP contribution in [-0.4, -0.2) is 30.1 Å². The number of nitrogens with zero attached hydrogens (tertiary/aromatic N) is 1. The molecule has 1 aliphatic rings. The third-order valence-electron chi connectivity index (χ3n) is 3.54. The molecule has 0 amide bonds. The van der Waals surface area contributed by atoms with E-state index in [2.05, 4.69) is 58.9 Å². The van der Waals surface area contributed by atoms with Crippen molar-refractivity contribution in [1.82, 2.24) is 4.90 Å². The van der Waals surface area contributed by atoms with Crippen molar-refractivity contribution in [2.45, 2.75) is 38.1 Å². The van der Waals surface area contributed by atoms with Gasteiger partial charge in [-0.05, 0) is 63.4 Å². The number of rotatable bonds is 3. The van der Waals surface area contributed by atoms with Gasteiger partial charge in [0.2, 0.25) is 0 Å². The van der Waals surface area contributed by atoms with E-state index in [1.54, 1.807) is 0 Å². The second kappa shape index (κ2) is 5.72. The van der Waals surface area contributed by atoms with Crippen molar-refractivity contribution < 1.29 is 0 Å². The highest BCUT2D eigenvalue weighted by Crippen LogP contribution is 2.29. The maximum Gasteiger partial charge on any atom is 0.0226 e. The Morgan fingerprint density at radius 3 is 2.56 bits per heavy atom.